The van der Waals surface area contributed by atoms with Crippen LogP contribution in [0, 0.1) is 6.92 Å². The van der Waals surface area contributed by atoms with Gasteiger partial charge >= 0.3 is 0 Å². The van der Waals surface area contributed by atoms with E-state index < -0.39 is 0 Å². The number of aryl methyl sites for hydroxylation is 2. The van der Waals surface area contributed by atoms with Gasteiger partial charge in [-0.1, -0.05) is 12.1 Å². The quantitative estimate of drug-likeness (QED) is 0.624. The largest absolute Gasteiger partial charge is 0.370 e. The monoisotopic (exact) mass is 336 g/mol. The van der Waals surface area contributed by atoms with E-state index >= 15 is 0 Å². The molecule has 0 fully saturated rings. The van der Waals surface area contributed by atoms with Crippen LogP contribution in [0.25, 0.3) is 11.0 Å². The van der Waals surface area contributed by atoms with Crippen molar-refractivity contribution in [3.63, 3.8) is 0 Å². The fraction of sp³-hybridized carbons (Fsp3) is 0.421. The Morgan fingerprint density at radius 3 is 2.88 bits per heavy atom. The van der Waals surface area contributed by atoms with Crippen molar-refractivity contribution < 1.29 is 0 Å². The number of nitrogens with one attached hydrogen (secondary N) is 3. The Morgan fingerprint density at radius 1 is 1.08 bits per heavy atom. The zero-order valence-corrected chi connectivity index (χ0v) is 14.6. The number of aromatic nitrogens is 4. The van der Waals surface area contributed by atoms with Crippen LogP contribution in [0.1, 0.15) is 29.3 Å². The Hall–Kier alpha value is -2.47. The molecule has 2 aromatic heterocycles. The number of H-pyrrole nitrogens is 1. The molecule has 0 saturated carbocycles. The SMILES string of the molecule is Cc1nc2c(c(NCCCc3nc4ccccc4[nH]3)n1)CCNCC2. The second kappa shape index (κ2) is 7.19. The van der Waals surface area contributed by atoms with Gasteiger partial charge < -0.3 is 15.6 Å². The van der Waals surface area contributed by atoms with Crippen LogP contribution in [-0.4, -0.2) is 39.6 Å². The molecule has 0 bridgehead atoms. The molecule has 1 aliphatic rings. The molecular weight excluding hydrogens is 312 g/mol. The molecule has 4 rings (SSSR count). The summed E-state index contributed by atoms with van der Waals surface area (Å²) < 4.78 is 0. The van der Waals surface area contributed by atoms with E-state index in [1.54, 1.807) is 0 Å². The number of nitrogens with zero attached hydrogens (tertiary/aromatic N) is 3. The van der Waals surface area contributed by atoms with Crippen molar-refractivity contribution in [2.75, 3.05) is 25.0 Å². The van der Waals surface area contributed by atoms with E-state index in [2.05, 4.69) is 36.6 Å². The first-order valence-corrected chi connectivity index (χ1v) is 9.04. The predicted octanol–water partition coefficient (Wildman–Crippen LogP) is 2.39. The second-order valence-electron chi connectivity index (χ2n) is 6.53. The van der Waals surface area contributed by atoms with Crippen LogP contribution in [0.5, 0.6) is 0 Å². The molecule has 1 aromatic carbocycles. The molecule has 6 nitrogen and oxygen atoms in total. The summed E-state index contributed by atoms with van der Waals surface area (Å²) in [7, 11) is 0. The molecule has 25 heavy (non-hydrogen) atoms. The number of imidazole rings is 1. The first kappa shape index (κ1) is 16.0. The molecule has 0 unspecified atom stereocenters. The summed E-state index contributed by atoms with van der Waals surface area (Å²) in [5.41, 5.74) is 4.61. The number of para-hydroxylation sites is 2. The van der Waals surface area contributed by atoms with Gasteiger partial charge in [0.05, 0.1) is 16.7 Å². The maximum absolute atomic E-state index is 4.64. The number of aromatic amines is 1. The van der Waals surface area contributed by atoms with Crippen molar-refractivity contribution in [2.45, 2.75) is 32.6 Å². The summed E-state index contributed by atoms with van der Waals surface area (Å²) >= 11 is 0. The highest BCUT2D eigenvalue weighted by molar-refractivity contribution is 5.74. The molecule has 6 heteroatoms. The average molecular weight is 336 g/mol. The molecular formula is C19H24N6. The molecule has 0 radical (unpaired) electrons. The van der Waals surface area contributed by atoms with E-state index in [1.807, 2.05) is 25.1 Å². The minimum absolute atomic E-state index is 0.848. The van der Waals surface area contributed by atoms with Crippen molar-refractivity contribution >= 4 is 16.9 Å². The number of fused-ring (bicyclic) bond motifs is 2. The van der Waals surface area contributed by atoms with Crippen molar-refractivity contribution in [1.29, 1.82) is 0 Å². The van der Waals surface area contributed by atoms with Crippen molar-refractivity contribution in [3.8, 4) is 0 Å². The smallest absolute Gasteiger partial charge is 0.133 e. The zero-order chi connectivity index (χ0) is 17.1. The normalized spacial score (nSPS) is 14.3. The van der Waals surface area contributed by atoms with Gasteiger partial charge in [0.25, 0.3) is 0 Å². The van der Waals surface area contributed by atoms with E-state index in [4.69, 9.17) is 0 Å². The van der Waals surface area contributed by atoms with Crippen LogP contribution in [0.4, 0.5) is 5.82 Å². The van der Waals surface area contributed by atoms with Gasteiger partial charge in [0.1, 0.15) is 17.5 Å². The van der Waals surface area contributed by atoms with Gasteiger partial charge in [-0.25, -0.2) is 15.0 Å². The lowest BCUT2D eigenvalue weighted by Gasteiger charge is -2.13. The van der Waals surface area contributed by atoms with Crippen LogP contribution < -0.4 is 10.6 Å². The summed E-state index contributed by atoms with van der Waals surface area (Å²) in [5.74, 6) is 2.90. The molecule has 3 aromatic rings. The van der Waals surface area contributed by atoms with Gasteiger partial charge in [0, 0.05) is 31.5 Å². The maximum atomic E-state index is 4.64. The number of anilines is 1. The third-order valence-electron chi connectivity index (χ3n) is 4.62. The van der Waals surface area contributed by atoms with Crippen molar-refractivity contribution in [1.82, 2.24) is 25.3 Å². The molecule has 0 aliphatic carbocycles. The molecule has 130 valence electrons. The van der Waals surface area contributed by atoms with E-state index in [9.17, 15) is 0 Å². The molecule has 0 saturated heterocycles. The maximum Gasteiger partial charge on any atom is 0.133 e. The third kappa shape index (κ3) is 3.64. The van der Waals surface area contributed by atoms with Crippen LogP contribution in [-0.2, 0) is 19.3 Å². The predicted molar refractivity (Wildman–Crippen MR) is 100.0 cm³/mol. The Balaban J connectivity index is 1.39. The summed E-state index contributed by atoms with van der Waals surface area (Å²) in [5, 5.41) is 6.96. The van der Waals surface area contributed by atoms with E-state index in [-0.39, 0.29) is 0 Å². The number of hydrogen-bond donors (Lipinski definition) is 3. The highest BCUT2D eigenvalue weighted by atomic mass is 15.0. The third-order valence-corrected chi connectivity index (χ3v) is 4.62. The second-order valence-corrected chi connectivity index (χ2v) is 6.53. The van der Waals surface area contributed by atoms with Crippen molar-refractivity contribution in [2.24, 2.45) is 0 Å². The molecule has 0 amide bonds. The lowest BCUT2D eigenvalue weighted by Crippen LogP contribution is -2.16. The average Bonchev–Trinajstić information content (AvgIpc) is 2.88. The van der Waals surface area contributed by atoms with Crippen LogP contribution in [0.3, 0.4) is 0 Å². The fourth-order valence-corrected chi connectivity index (χ4v) is 3.40. The lowest BCUT2D eigenvalue weighted by atomic mass is 10.1. The van der Waals surface area contributed by atoms with Gasteiger partial charge in [0.15, 0.2) is 0 Å². The summed E-state index contributed by atoms with van der Waals surface area (Å²) in [6, 6.07) is 8.16. The van der Waals surface area contributed by atoms with Crippen LogP contribution in [0.15, 0.2) is 24.3 Å². The Kier molecular flexibility index (Phi) is 4.61. The highest BCUT2D eigenvalue weighted by Crippen LogP contribution is 2.19. The molecule has 3 N–H and O–H groups in total. The minimum atomic E-state index is 0.848. The molecule has 0 atom stereocenters. The van der Waals surface area contributed by atoms with Crippen molar-refractivity contribution in [3.05, 3.63) is 47.2 Å². The van der Waals surface area contributed by atoms with Crippen LogP contribution in [0.2, 0.25) is 0 Å². The Labute approximate surface area is 147 Å². The van der Waals surface area contributed by atoms with Crippen LogP contribution >= 0.6 is 0 Å². The topological polar surface area (TPSA) is 78.5 Å². The van der Waals surface area contributed by atoms with Gasteiger partial charge in [-0.15, -0.1) is 0 Å². The fourth-order valence-electron chi connectivity index (χ4n) is 3.40. The summed E-state index contributed by atoms with van der Waals surface area (Å²) in [6.45, 7) is 4.84. The van der Waals surface area contributed by atoms with E-state index in [0.717, 1.165) is 73.8 Å². The van der Waals surface area contributed by atoms with Gasteiger partial charge in [-0.3, -0.25) is 0 Å². The number of rotatable bonds is 5. The standard InChI is InChI=1S/C19H24N6/c1-13-22-15-9-12-20-11-8-14(15)19(23-13)21-10-4-7-18-24-16-5-2-3-6-17(16)25-18/h2-3,5-6,20H,4,7-12H2,1H3,(H,24,25)(H,21,22,23). The summed E-state index contributed by atoms with van der Waals surface area (Å²) in [6.07, 6.45) is 3.90. The summed E-state index contributed by atoms with van der Waals surface area (Å²) in [4.78, 5) is 17.3. The van der Waals surface area contributed by atoms with E-state index in [1.165, 1.54) is 11.3 Å². The van der Waals surface area contributed by atoms with Gasteiger partial charge in [-0.2, -0.15) is 0 Å². The molecule has 0 spiro atoms. The molecule has 3 heterocycles. The highest BCUT2D eigenvalue weighted by Gasteiger charge is 2.15. The first-order valence-electron chi connectivity index (χ1n) is 9.04. The molecule has 1 aliphatic heterocycles. The Morgan fingerprint density at radius 2 is 1.96 bits per heavy atom. The lowest BCUT2D eigenvalue weighted by molar-refractivity contribution is 0.708. The van der Waals surface area contributed by atoms with Gasteiger partial charge in [-0.05, 0) is 38.4 Å². The Bertz CT molecular complexity index is 836. The van der Waals surface area contributed by atoms with Gasteiger partial charge in [0.2, 0.25) is 0 Å². The van der Waals surface area contributed by atoms with E-state index in [0.29, 0.717) is 0 Å². The number of benzene rings is 1. The zero-order valence-electron chi connectivity index (χ0n) is 14.6. The minimum Gasteiger partial charge on any atom is -0.370 e. The first-order chi connectivity index (χ1) is 12.3. The number of hydrogen-bond acceptors (Lipinski definition) is 5.